The number of pyridine rings is 1. The van der Waals surface area contributed by atoms with Crippen LogP contribution in [-0.4, -0.2) is 59.6 Å². The summed E-state index contributed by atoms with van der Waals surface area (Å²) < 4.78 is 5.47. The first-order valence-corrected chi connectivity index (χ1v) is 9.27. The van der Waals surface area contributed by atoms with E-state index in [-0.39, 0.29) is 5.41 Å². The van der Waals surface area contributed by atoms with Crippen LogP contribution in [0.4, 0.5) is 0 Å². The lowest BCUT2D eigenvalue weighted by Crippen LogP contribution is -2.54. The molecule has 0 N–H and O–H groups in total. The number of likely N-dealkylation sites (tertiary alicyclic amines) is 2. The zero-order chi connectivity index (χ0) is 16.4. The van der Waals surface area contributed by atoms with Crippen LogP contribution in [-0.2, 0) is 16.1 Å². The van der Waals surface area contributed by atoms with E-state index in [1.54, 1.807) is 0 Å². The predicted octanol–water partition coefficient (Wildman–Crippen LogP) is 2.08. The monoisotopic (exact) mass is 329 g/mol. The summed E-state index contributed by atoms with van der Waals surface area (Å²) in [5.41, 5.74) is 1.10. The maximum atomic E-state index is 13.3. The highest BCUT2D eigenvalue weighted by atomic mass is 16.5. The van der Waals surface area contributed by atoms with Crippen molar-refractivity contribution in [1.82, 2.24) is 14.8 Å². The molecule has 5 heteroatoms. The van der Waals surface area contributed by atoms with Gasteiger partial charge in [0.05, 0.1) is 5.41 Å². The second kappa shape index (κ2) is 6.81. The number of amides is 1. The van der Waals surface area contributed by atoms with E-state index in [0.717, 1.165) is 71.5 Å². The van der Waals surface area contributed by atoms with Gasteiger partial charge in [0, 0.05) is 51.3 Å². The fourth-order valence-corrected chi connectivity index (χ4v) is 4.67. The van der Waals surface area contributed by atoms with Gasteiger partial charge in [0.25, 0.3) is 0 Å². The van der Waals surface area contributed by atoms with Gasteiger partial charge in [-0.2, -0.15) is 0 Å². The first-order valence-electron chi connectivity index (χ1n) is 9.27. The standard InChI is InChI=1S/C19H27N3O2/c23-18-19(6-2-9-22(18)17-4-11-24-12-5-17)7-10-21(15-19)14-16-3-1-8-20-13-16/h1,3,8,13,17H,2,4-7,9-12,14-15H2/t19-/m0/s1. The van der Waals surface area contributed by atoms with Gasteiger partial charge >= 0.3 is 0 Å². The number of hydrogen-bond donors (Lipinski definition) is 0. The van der Waals surface area contributed by atoms with E-state index in [4.69, 9.17) is 4.74 Å². The second-order valence-electron chi connectivity index (χ2n) is 7.55. The number of piperidine rings is 1. The number of hydrogen-bond acceptors (Lipinski definition) is 4. The number of rotatable bonds is 3. The van der Waals surface area contributed by atoms with Gasteiger partial charge in [0.15, 0.2) is 0 Å². The van der Waals surface area contributed by atoms with Crippen LogP contribution in [0.2, 0.25) is 0 Å². The van der Waals surface area contributed by atoms with E-state index in [2.05, 4.69) is 20.9 Å². The molecule has 1 spiro atoms. The number of carbonyl (C=O) groups excluding carboxylic acids is 1. The van der Waals surface area contributed by atoms with Crippen molar-refractivity contribution in [2.75, 3.05) is 32.8 Å². The summed E-state index contributed by atoms with van der Waals surface area (Å²) in [6, 6.07) is 4.50. The molecule has 0 saturated carbocycles. The van der Waals surface area contributed by atoms with Crippen molar-refractivity contribution >= 4 is 5.91 Å². The summed E-state index contributed by atoms with van der Waals surface area (Å²) in [6.07, 6.45) is 8.95. The lowest BCUT2D eigenvalue weighted by molar-refractivity contribution is -0.150. The molecule has 3 aliphatic rings. The highest BCUT2D eigenvalue weighted by molar-refractivity contribution is 5.84. The molecular weight excluding hydrogens is 302 g/mol. The maximum absolute atomic E-state index is 13.3. The average Bonchev–Trinajstić information content (AvgIpc) is 3.03. The van der Waals surface area contributed by atoms with Gasteiger partial charge in [0.1, 0.15) is 0 Å². The second-order valence-corrected chi connectivity index (χ2v) is 7.55. The Bertz CT molecular complexity index is 573. The normalized spacial score (nSPS) is 29.5. The maximum Gasteiger partial charge on any atom is 0.230 e. The molecule has 5 nitrogen and oxygen atoms in total. The van der Waals surface area contributed by atoms with Crippen molar-refractivity contribution in [2.24, 2.45) is 5.41 Å². The number of nitrogens with zero attached hydrogens (tertiary/aromatic N) is 3. The van der Waals surface area contributed by atoms with Crippen LogP contribution >= 0.6 is 0 Å². The Morgan fingerprint density at radius 2 is 2.12 bits per heavy atom. The molecule has 3 aliphatic heterocycles. The van der Waals surface area contributed by atoms with Gasteiger partial charge in [-0.3, -0.25) is 14.7 Å². The molecule has 1 atom stereocenters. The lowest BCUT2D eigenvalue weighted by Gasteiger charge is -2.44. The van der Waals surface area contributed by atoms with Crippen LogP contribution in [0.25, 0.3) is 0 Å². The summed E-state index contributed by atoms with van der Waals surface area (Å²) in [4.78, 5) is 22.1. The molecule has 0 unspecified atom stereocenters. The van der Waals surface area contributed by atoms with E-state index in [0.29, 0.717) is 11.9 Å². The van der Waals surface area contributed by atoms with Crippen molar-refractivity contribution in [3.05, 3.63) is 30.1 Å². The molecule has 0 aliphatic carbocycles. The number of carbonyl (C=O) groups is 1. The quantitative estimate of drug-likeness (QED) is 0.852. The molecule has 130 valence electrons. The molecule has 0 bridgehead atoms. The van der Waals surface area contributed by atoms with Crippen LogP contribution in [0.1, 0.15) is 37.7 Å². The minimum Gasteiger partial charge on any atom is -0.381 e. The molecule has 3 saturated heterocycles. The van der Waals surface area contributed by atoms with Gasteiger partial charge in [-0.25, -0.2) is 0 Å². The first-order chi connectivity index (χ1) is 11.8. The summed E-state index contributed by atoms with van der Waals surface area (Å²) in [5, 5.41) is 0. The predicted molar refractivity (Wildman–Crippen MR) is 91.4 cm³/mol. The summed E-state index contributed by atoms with van der Waals surface area (Å²) in [6.45, 7) is 5.36. The van der Waals surface area contributed by atoms with Gasteiger partial charge in [-0.1, -0.05) is 6.07 Å². The van der Waals surface area contributed by atoms with E-state index >= 15 is 0 Å². The van der Waals surface area contributed by atoms with Gasteiger partial charge in [0.2, 0.25) is 5.91 Å². The van der Waals surface area contributed by atoms with E-state index in [1.165, 1.54) is 5.56 Å². The Morgan fingerprint density at radius 1 is 1.25 bits per heavy atom. The zero-order valence-corrected chi connectivity index (χ0v) is 14.3. The average molecular weight is 329 g/mol. The zero-order valence-electron chi connectivity index (χ0n) is 14.3. The van der Waals surface area contributed by atoms with E-state index in [1.807, 2.05) is 18.5 Å². The van der Waals surface area contributed by atoms with Crippen molar-refractivity contribution < 1.29 is 9.53 Å². The minimum atomic E-state index is -0.140. The van der Waals surface area contributed by atoms with Gasteiger partial charge < -0.3 is 9.64 Å². The Hall–Kier alpha value is -1.46. The Balaban J connectivity index is 1.43. The minimum absolute atomic E-state index is 0.140. The summed E-state index contributed by atoms with van der Waals surface area (Å²) in [7, 11) is 0. The molecule has 1 aromatic heterocycles. The molecule has 4 rings (SSSR count). The van der Waals surface area contributed by atoms with Crippen molar-refractivity contribution in [3.63, 3.8) is 0 Å². The molecule has 0 aromatic carbocycles. The highest BCUT2D eigenvalue weighted by Crippen LogP contribution is 2.41. The SMILES string of the molecule is O=C1N(C2CCOCC2)CCC[C@@]12CCN(Cc1cccnc1)C2. The summed E-state index contributed by atoms with van der Waals surface area (Å²) >= 11 is 0. The lowest BCUT2D eigenvalue weighted by atomic mass is 9.77. The Labute approximate surface area is 144 Å². The molecule has 1 aromatic rings. The molecule has 24 heavy (non-hydrogen) atoms. The third kappa shape index (κ3) is 3.07. The molecule has 0 radical (unpaired) electrons. The molecular formula is C19H27N3O2. The van der Waals surface area contributed by atoms with Crippen molar-refractivity contribution in [1.29, 1.82) is 0 Å². The Morgan fingerprint density at radius 3 is 2.92 bits per heavy atom. The van der Waals surface area contributed by atoms with Crippen LogP contribution in [0.15, 0.2) is 24.5 Å². The topological polar surface area (TPSA) is 45.7 Å². The van der Waals surface area contributed by atoms with Gasteiger partial charge in [-0.15, -0.1) is 0 Å². The van der Waals surface area contributed by atoms with Crippen LogP contribution < -0.4 is 0 Å². The number of aromatic nitrogens is 1. The Kier molecular flexibility index (Phi) is 4.55. The smallest absolute Gasteiger partial charge is 0.230 e. The highest BCUT2D eigenvalue weighted by Gasteiger charge is 2.49. The van der Waals surface area contributed by atoms with Gasteiger partial charge in [-0.05, 0) is 50.3 Å². The molecule has 1 amide bonds. The van der Waals surface area contributed by atoms with Crippen molar-refractivity contribution in [2.45, 2.75) is 44.7 Å². The molecule has 4 heterocycles. The van der Waals surface area contributed by atoms with Crippen LogP contribution in [0.3, 0.4) is 0 Å². The largest absolute Gasteiger partial charge is 0.381 e. The first kappa shape index (κ1) is 16.0. The van der Waals surface area contributed by atoms with E-state index in [9.17, 15) is 4.79 Å². The third-order valence-corrected chi connectivity index (χ3v) is 5.96. The number of ether oxygens (including phenoxy) is 1. The summed E-state index contributed by atoms with van der Waals surface area (Å²) in [5.74, 6) is 0.411. The van der Waals surface area contributed by atoms with Crippen LogP contribution in [0.5, 0.6) is 0 Å². The van der Waals surface area contributed by atoms with Crippen LogP contribution in [0, 0.1) is 5.41 Å². The fourth-order valence-electron chi connectivity index (χ4n) is 4.67. The fraction of sp³-hybridized carbons (Fsp3) is 0.684. The van der Waals surface area contributed by atoms with E-state index < -0.39 is 0 Å². The van der Waals surface area contributed by atoms with Crippen molar-refractivity contribution in [3.8, 4) is 0 Å². The molecule has 3 fully saturated rings. The third-order valence-electron chi connectivity index (χ3n) is 5.96.